The summed E-state index contributed by atoms with van der Waals surface area (Å²) in [5, 5.41) is 13.9. The molecule has 0 saturated heterocycles. The lowest BCUT2D eigenvalue weighted by Crippen LogP contribution is -2.32. The Kier molecular flexibility index (Phi) is 7.97. The highest BCUT2D eigenvalue weighted by atomic mass is 16.5. The maximum Gasteiger partial charge on any atom is 0.289 e. The molecule has 8 heteroatoms. The fourth-order valence-electron chi connectivity index (χ4n) is 4.30. The Morgan fingerprint density at radius 2 is 1.62 bits per heavy atom. The summed E-state index contributed by atoms with van der Waals surface area (Å²) >= 11 is 0. The molecule has 0 aliphatic carbocycles. The summed E-state index contributed by atoms with van der Waals surface area (Å²) in [5.74, 6) is 0.428. The van der Waals surface area contributed by atoms with E-state index in [0.29, 0.717) is 53.4 Å². The topological polar surface area (TPSA) is 118 Å². The zero-order valence-electron chi connectivity index (χ0n) is 21.7. The van der Waals surface area contributed by atoms with Crippen molar-refractivity contribution in [2.75, 3.05) is 24.2 Å². The molecule has 8 nitrogen and oxygen atoms in total. The third-order valence-corrected chi connectivity index (χ3v) is 6.44. The minimum atomic E-state index is -0.270. The molecular formula is C32H29N3O5. The highest BCUT2D eigenvalue weighted by Crippen LogP contribution is 2.24. The molecule has 0 fully saturated rings. The van der Waals surface area contributed by atoms with Crippen molar-refractivity contribution in [3.8, 4) is 11.5 Å². The molecular weight excluding hydrogens is 506 g/mol. The van der Waals surface area contributed by atoms with Crippen LogP contribution in [0.2, 0.25) is 0 Å². The highest BCUT2D eigenvalue weighted by Gasteiger charge is 2.21. The Bertz CT molecular complexity index is 1590. The van der Waals surface area contributed by atoms with Gasteiger partial charge >= 0.3 is 0 Å². The van der Waals surface area contributed by atoms with Gasteiger partial charge in [0.25, 0.3) is 11.8 Å². The van der Waals surface area contributed by atoms with Gasteiger partial charge < -0.3 is 30.2 Å². The molecule has 0 radical (unpaired) electrons. The van der Waals surface area contributed by atoms with E-state index in [1.165, 1.54) is 0 Å². The molecule has 40 heavy (non-hydrogen) atoms. The van der Waals surface area contributed by atoms with Gasteiger partial charge in [-0.3, -0.25) is 9.59 Å². The number of amides is 2. The maximum atomic E-state index is 13.4. The molecule has 2 amide bonds. The van der Waals surface area contributed by atoms with Crippen LogP contribution >= 0.6 is 0 Å². The van der Waals surface area contributed by atoms with Crippen LogP contribution in [-0.4, -0.2) is 35.0 Å². The summed E-state index contributed by atoms with van der Waals surface area (Å²) in [4.78, 5) is 27.6. The number of nitrogens with two attached hydrogens (primary N) is 1. The first kappa shape index (κ1) is 26.4. The number of phenols is 1. The van der Waals surface area contributed by atoms with Crippen molar-refractivity contribution in [3.63, 3.8) is 0 Å². The molecule has 1 aromatic heterocycles. The van der Waals surface area contributed by atoms with Crippen molar-refractivity contribution in [1.82, 2.24) is 4.90 Å². The van der Waals surface area contributed by atoms with E-state index in [1.54, 1.807) is 77.7 Å². The molecule has 0 aliphatic heterocycles. The summed E-state index contributed by atoms with van der Waals surface area (Å²) < 4.78 is 11.7. The van der Waals surface area contributed by atoms with Crippen LogP contribution in [0.15, 0.2) is 108 Å². The lowest BCUT2D eigenvalue weighted by atomic mass is 10.1. The Labute approximate surface area is 231 Å². The van der Waals surface area contributed by atoms with Crippen LogP contribution in [-0.2, 0) is 6.54 Å². The molecule has 0 spiro atoms. The second-order valence-electron chi connectivity index (χ2n) is 9.27. The molecule has 0 aliphatic rings. The number of aromatic hydroxyl groups is 1. The molecule has 4 N–H and O–H groups in total. The van der Waals surface area contributed by atoms with Crippen molar-refractivity contribution in [3.05, 3.63) is 120 Å². The van der Waals surface area contributed by atoms with Crippen LogP contribution in [0.1, 0.15) is 32.9 Å². The van der Waals surface area contributed by atoms with Crippen molar-refractivity contribution in [1.29, 1.82) is 0 Å². The minimum Gasteiger partial charge on any atom is -0.508 e. The summed E-state index contributed by atoms with van der Waals surface area (Å²) in [6.45, 7) is 0.943. The number of phenolic OH excluding ortho intramolecular Hbond substituents is 1. The van der Waals surface area contributed by atoms with E-state index in [0.717, 1.165) is 5.39 Å². The number of hydrogen-bond donors (Lipinski definition) is 3. The molecule has 202 valence electrons. The number of nitrogen functional groups attached to an aromatic ring is 1. The van der Waals surface area contributed by atoms with Crippen molar-refractivity contribution >= 4 is 34.2 Å². The molecule has 0 unspecified atom stereocenters. The molecule has 1 heterocycles. The number of carbonyl (C=O) groups excluding carboxylic acids is 2. The average Bonchev–Trinajstić information content (AvgIpc) is 3.41. The first-order valence-electron chi connectivity index (χ1n) is 12.9. The smallest absolute Gasteiger partial charge is 0.289 e. The van der Waals surface area contributed by atoms with E-state index in [-0.39, 0.29) is 29.9 Å². The van der Waals surface area contributed by atoms with Crippen molar-refractivity contribution < 1.29 is 23.8 Å². The zero-order valence-corrected chi connectivity index (χ0v) is 21.7. The second-order valence-corrected chi connectivity index (χ2v) is 9.27. The number of furan rings is 1. The number of anilines is 2. The first-order chi connectivity index (χ1) is 19.5. The number of hydrogen-bond acceptors (Lipinski definition) is 6. The number of carbonyl (C=O) groups is 2. The third-order valence-electron chi connectivity index (χ3n) is 6.44. The summed E-state index contributed by atoms with van der Waals surface area (Å²) in [5.41, 5.74) is 8.70. The number of benzene rings is 4. The van der Waals surface area contributed by atoms with Gasteiger partial charge in [-0.05, 0) is 61.0 Å². The fourth-order valence-corrected chi connectivity index (χ4v) is 4.30. The van der Waals surface area contributed by atoms with Crippen LogP contribution in [0, 0.1) is 0 Å². The highest BCUT2D eigenvalue weighted by molar-refractivity contribution is 6.05. The number of nitrogens with zero attached hydrogens (tertiary/aromatic N) is 1. The monoisotopic (exact) mass is 535 g/mol. The van der Waals surface area contributed by atoms with Gasteiger partial charge in [-0.2, -0.15) is 0 Å². The van der Waals surface area contributed by atoms with Gasteiger partial charge in [0, 0.05) is 29.6 Å². The van der Waals surface area contributed by atoms with Crippen LogP contribution in [0.25, 0.3) is 11.0 Å². The standard InChI is InChI=1S/C32H29N3O5/c33-26-10-3-4-11-27(26)34-31(37)22-14-16-25(17-15-22)39-19-7-18-35(21-24-9-1-5-12-28(24)36)32(38)30-20-23-8-2-6-13-29(23)40-30/h1-6,8-17,20,36H,7,18-19,21,33H2,(H,34,37). The lowest BCUT2D eigenvalue weighted by molar-refractivity contribution is 0.0703. The van der Waals surface area contributed by atoms with E-state index in [9.17, 15) is 14.7 Å². The van der Waals surface area contributed by atoms with Crippen LogP contribution in [0.4, 0.5) is 11.4 Å². The number of para-hydroxylation sites is 4. The molecule has 5 aromatic rings. The Balaban J connectivity index is 1.20. The predicted molar refractivity (Wildman–Crippen MR) is 154 cm³/mol. The summed E-state index contributed by atoms with van der Waals surface area (Å²) in [7, 11) is 0. The number of ether oxygens (including phenoxy) is 1. The Morgan fingerprint density at radius 1 is 0.900 bits per heavy atom. The average molecular weight is 536 g/mol. The third kappa shape index (κ3) is 6.24. The van der Waals surface area contributed by atoms with E-state index < -0.39 is 0 Å². The maximum absolute atomic E-state index is 13.4. The predicted octanol–water partition coefficient (Wildman–Crippen LogP) is 6.08. The normalized spacial score (nSPS) is 10.8. The van der Waals surface area contributed by atoms with Crippen LogP contribution < -0.4 is 15.8 Å². The van der Waals surface area contributed by atoms with Gasteiger partial charge in [-0.1, -0.05) is 48.5 Å². The van der Waals surface area contributed by atoms with E-state index in [1.807, 2.05) is 30.3 Å². The van der Waals surface area contributed by atoms with E-state index in [2.05, 4.69) is 5.32 Å². The summed E-state index contributed by atoms with van der Waals surface area (Å²) in [6, 6.07) is 30.0. The summed E-state index contributed by atoms with van der Waals surface area (Å²) in [6.07, 6.45) is 0.537. The largest absolute Gasteiger partial charge is 0.508 e. The quantitative estimate of drug-likeness (QED) is 0.147. The van der Waals surface area contributed by atoms with Gasteiger partial charge in [0.2, 0.25) is 0 Å². The Morgan fingerprint density at radius 3 is 2.40 bits per heavy atom. The van der Waals surface area contributed by atoms with Crippen molar-refractivity contribution in [2.24, 2.45) is 0 Å². The SMILES string of the molecule is Nc1ccccc1NC(=O)c1ccc(OCCCN(Cc2ccccc2O)C(=O)c2cc3ccccc3o2)cc1. The second kappa shape index (κ2) is 12.1. The van der Waals surface area contributed by atoms with Crippen molar-refractivity contribution in [2.45, 2.75) is 13.0 Å². The number of fused-ring (bicyclic) bond motifs is 1. The number of nitrogens with one attached hydrogen (secondary N) is 1. The Hall–Kier alpha value is -5.24. The first-order valence-corrected chi connectivity index (χ1v) is 12.9. The molecule has 4 aromatic carbocycles. The number of rotatable bonds is 10. The molecule has 0 bridgehead atoms. The van der Waals surface area contributed by atoms with Gasteiger partial charge in [0.15, 0.2) is 5.76 Å². The van der Waals surface area contributed by atoms with Gasteiger partial charge in [-0.25, -0.2) is 0 Å². The van der Waals surface area contributed by atoms with Crippen LogP contribution in [0.5, 0.6) is 11.5 Å². The van der Waals surface area contributed by atoms with Gasteiger partial charge in [0.05, 0.1) is 18.0 Å². The molecule has 5 rings (SSSR count). The van der Waals surface area contributed by atoms with Crippen LogP contribution in [0.3, 0.4) is 0 Å². The fraction of sp³-hybridized carbons (Fsp3) is 0.125. The zero-order chi connectivity index (χ0) is 27.9. The van der Waals surface area contributed by atoms with E-state index >= 15 is 0 Å². The lowest BCUT2D eigenvalue weighted by Gasteiger charge is -2.22. The van der Waals surface area contributed by atoms with Gasteiger partial charge in [0.1, 0.15) is 17.1 Å². The molecule has 0 saturated carbocycles. The van der Waals surface area contributed by atoms with E-state index in [4.69, 9.17) is 14.9 Å². The van der Waals surface area contributed by atoms with Gasteiger partial charge in [-0.15, -0.1) is 0 Å². The molecule has 0 atom stereocenters. The minimum absolute atomic E-state index is 0.125.